The highest BCUT2D eigenvalue weighted by Crippen LogP contribution is 2.13. The minimum Gasteiger partial charge on any atom is -0.374 e. The molecule has 1 amide bonds. The normalized spacial score (nSPS) is 10.5. The fourth-order valence-electron chi connectivity index (χ4n) is 2.29. The molecular weight excluding hydrogens is 300 g/mol. The van der Waals surface area contributed by atoms with Gasteiger partial charge in [0.05, 0.1) is 18.7 Å². The monoisotopic (exact) mass is 328 g/mol. The lowest BCUT2D eigenvalue weighted by atomic mass is 10.1. The maximum atomic E-state index is 11.7. The van der Waals surface area contributed by atoms with E-state index >= 15 is 0 Å². The molecule has 0 aliphatic carbocycles. The zero-order valence-corrected chi connectivity index (χ0v) is 14.8. The molecule has 0 aromatic heterocycles. The van der Waals surface area contributed by atoms with E-state index < -0.39 is 0 Å². The molecule has 1 aromatic rings. The Bertz CT molecular complexity index is 545. The number of benzene rings is 1. The van der Waals surface area contributed by atoms with Crippen molar-refractivity contribution in [2.45, 2.75) is 51.9 Å². The molecule has 5 heteroatoms. The van der Waals surface area contributed by atoms with Crippen LogP contribution in [0, 0.1) is 11.3 Å². The number of unbranched alkanes of at least 4 members (excludes halogenated alkanes) is 4. The van der Waals surface area contributed by atoms with Crippen LogP contribution in [0.3, 0.4) is 0 Å². The van der Waals surface area contributed by atoms with E-state index in [2.05, 4.69) is 23.5 Å². The van der Waals surface area contributed by atoms with Crippen LogP contribution in [0.15, 0.2) is 29.4 Å². The minimum atomic E-state index is -0.0318. The van der Waals surface area contributed by atoms with Crippen LogP contribution in [0.25, 0.3) is 0 Å². The number of nitrogens with one attached hydrogen (secondary N) is 1. The molecule has 0 atom stereocenters. The lowest BCUT2D eigenvalue weighted by molar-refractivity contribution is -0.121. The summed E-state index contributed by atoms with van der Waals surface area (Å²) in [7, 11) is 1.96. The molecule has 5 nitrogen and oxygen atoms in total. The summed E-state index contributed by atoms with van der Waals surface area (Å²) in [5.74, 6) is -0.0318. The maximum Gasteiger partial charge on any atom is 0.240 e. The molecule has 0 fully saturated rings. The summed E-state index contributed by atoms with van der Waals surface area (Å²) in [6, 6.07) is 9.99. The standard InChI is InChI=1S/C19H28N4O/c1-3-4-5-6-7-9-19(24)22-21-16-17-10-12-18(13-11-17)23(2)15-8-14-20/h10-13,16H,3-9,15H2,1-2H3,(H,22,24). The molecule has 0 spiro atoms. The number of anilines is 1. The number of rotatable bonds is 11. The van der Waals surface area contributed by atoms with Crippen molar-refractivity contribution in [3.8, 4) is 6.07 Å². The van der Waals surface area contributed by atoms with Crippen molar-refractivity contribution in [1.29, 1.82) is 5.26 Å². The van der Waals surface area contributed by atoms with E-state index in [0.717, 1.165) is 24.1 Å². The number of nitrogens with zero attached hydrogens (tertiary/aromatic N) is 3. The Balaban J connectivity index is 2.31. The van der Waals surface area contributed by atoms with Crippen LogP contribution in [0.5, 0.6) is 0 Å². The average molecular weight is 328 g/mol. The van der Waals surface area contributed by atoms with Crippen LogP contribution in [0.2, 0.25) is 0 Å². The number of nitriles is 1. The summed E-state index contributed by atoms with van der Waals surface area (Å²) in [5, 5.41) is 12.6. The minimum absolute atomic E-state index is 0.0318. The third kappa shape index (κ3) is 8.33. The number of carbonyl (C=O) groups is 1. The van der Waals surface area contributed by atoms with Gasteiger partial charge in [-0.2, -0.15) is 10.4 Å². The zero-order chi connectivity index (χ0) is 17.6. The first kappa shape index (κ1) is 19.7. The van der Waals surface area contributed by atoms with Crippen molar-refractivity contribution in [2.24, 2.45) is 5.10 Å². The van der Waals surface area contributed by atoms with Gasteiger partial charge in [0.2, 0.25) is 5.91 Å². The van der Waals surface area contributed by atoms with E-state index in [-0.39, 0.29) is 5.91 Å². The third-order valence-corrected chi connectivity index (χ3v) is 3.80. The van der Waals surface area contributed by atoms with Crippen LogP contribution in [-0.2, 0) is 4.79 Å². The van der Waals surface area contributed by atoms with Gasteiger partial charge in [-0.25, -0.2) is 5.43 Å². The first-order valence-corrected chi connectivity index (χ1v) is 8.67. The van der Waals surface area contributed by atoms with E-state index in [1.165, 1.54) is 19.3 Å². The number of hydrogen-bond donors (Lipinski definition) is 1. The lowest BCUT2D eigenvalue weighted by Crippen LogP contribution is -2.18. The topological polar surface area (TPSA) is 68.5 Å². The molecule has 1 aromatic carbocycles. The van der Waals surface area contributed by atoms with Gasteiger partial charge >= 0.3 is 0 Å². The lowest BCUT2D eigenvalue weighted by Gasteiger charge is -2.17. The fourth-order valence-corrected chi connectivity index (χ4v) is 2.29. The van der Waals surface area contributed by atoms with Gasteiger partial charge in [-0.05, 0) is 24.1 Å². The van der Waals surface area contributed by atoms with Crippen molar-refractivity contribution in [3.05, 3.63) is 29.8 Å². The van der Waals surface area contributed by atoms with Crippen LogP contribution in [0.4, 0.5) is 5.69 Å². The van der Waals surface area contributed by atoms with Crippen LogP contribution >= 0.6 is 0 Å². The molecular formula is C19H28N4O. The second-order valence-electron chi connectivity index (χ2n) is 5.88. The average Bonchev–Trinajstić information content (AvgIpc) is 2.60. The highest BCUT2D eigenvalue weighted by Gasteiger charge is 2.01. The molecule has 1 N–H and O–H groups in total. The fraction of sp³-hybridized carbons (Fsp3) is 0.526. The molecule has 0 aliphatic rings. The molecule has 0 unspecified atom stereocenters. The Labute approximate surface area is 145 Å². The van der Waals surface area contributed by atoms with E-state index in [4.69, 9.17) is 5.26 Å². The number of hydrazone groups is 1. The zero-order valence-electron chi connectivity index (χ0n) is 14.8. The van der Waals surface area contributed by atoms with Gasteiger partial charge in [0.25, 0.3) is 0 Å². The van der Waals surface area contributed by atoms with Gasteiger partial charge in [0.1, 0.15) is 0 Å². The number of carbonyl (C=O) groups excluding carboxylic acids is 1. The summed E-state index contributed by atoms with van der Waals surface area (Å²) >= 11 is 0. The smallest absolute Gasteiger partial charge is 0.240 e. The van der Waals surface area contributed by atoms with Crippen molar-refractivity contribution < 1.29 is 4.79 Å². The highest BCUT2D eigenvalue weighted by atomic mass is 16.2. The molecule has 130 valence electrons. The van der Waals surface area contributed by atoms with Crippen LogP contribution in [0.1, 0.15) is 57.4 Å². The van der Waals surface area contributed by atoms with Crippen molar-refractivity contribution >= 4 is 17.8 Å². The molecule has 0 bridgehead atoms. The molecule has 0 saturated heterocycles. The van der Waals surface area contributed by atoms with E-state index in [1.807, 2.05) is 36.2 Å². The molecule has 0 aliphatic heterocycles. The van der Waals surface area contributed by atoms with E-state index in [1.54, 1.807) is 6.21 Å². The SMILES string of the molecule is CCCCCCCC(=O)NN=Cc1ccc(N(C)CCC#N)cc1. The highest BCUT2D eigenvalue weighted by molar-refractivity contribution is 5.82. The second-order valence-corrected chi connectivity index (χ2v) is 5.88. The molecule has 1 rings (SSSR count). The first-order chi connectivity index (χ1) is 11.7. The predicted molar refractivity (Wildman–Crippen MR) is 99.1 cm³/mol. The van der Waals surface area contributed by atoms with Gasteiger partial charge in [-0.1, -0.05) is 44.7 Å². The summed E-state index contributed by atoms with van der Waals surface area (Å²) < 4.78 is 0. The Morgan fingerprint density at radius 2 is 1.96 bits per heavy atom. The van der Waals surface area contributed by atoms with E-state index in [9.17, 15) is 4.79 Å². The summed E-state index contributed by atoms with van der Waals surface area (Å²) in [6.07, 6.45) is 8.35. The maximum absolute atomic E-state index is 11.7. The van der Waals surface area contributed by atoms with Gasteiger partial charge in [0, 0.05) is 25.7 Å². The Hall–Kier alpha value is -2.35. The summed E-state index contributed by atoms with van der Waals surface area (Å²) in [5.41, 5.74) is 4.55. The molecule has 24 heavy (non-hydrogen) atoms. The quantitative estimate of drug-likeness (QED) is 0.381. The number of hydrogen-bond acceptors (Lipinski definition) is 4. The van der Waals surface area contributed by atoms with Gasteiger partial charge in [-0.15, -0.1) is 0 Å². The first-order valence-electron chi connectivity index (χ1n) is 8.67. The summed E-state index contributed by atoms with van der Waals surface area (Å²) in [6.45, 7) is 2.89. The largest absolute Gasteiger partial charge is 0.374 e. The molecule has 0 radical (unpaired) electrons. The van der Waals surface area contributed by atoms with Crippen molar-refractivity contribution in [3.63, 3.8) is 0 Å². The predicted octanol–water partition coefficient (Wildman–Crippen LogP) is 3.85. The molecule has 0 saturated carbocycles. The van der Waals surface area contributed by atoms with Crippen LogP contribution < -0.4 is 10.3 Å². The Morgan fingerprint density at radius 1 is 1.25 bits per heavy atom. The van der Waals surface area contributed by atoms with Gasteiger partial charge < -0.3 is 4.90 Å². The van der Waals surface area contributed by atoms with Gasteiger partial charge in [-0.3, -0.25) is 4.79 Å². The molecule has 0 heterocycles. The second kappa shape index (κ2) is 12.1. The number of amides is 1. The Kier molecular flexibility index (Phi) is 9.95. The summed E-state index contributed by atoms with van der Waals surface area (Å²) in [4.78, 5) is 13.7. The third-order valence-electron chi connectivity index (χ3n) is 3.80. The van der Waals surface area contributed by atoms with E-state index in [0.29, 0.717) is 19.4 Å². The van der Waals surface area contributed by atoms with Crippen LogP contribution in [-0.4, -0.2) is 25.7 Å². The van der Waals surface area contributed by atoms with Crippen molar-refractivity contribution in [2.75, 3.05) is 18.5 Å². The Morgan fingerprint density at radius 3 is 2.62 bits per heavy atom. The van der Waals surface area contributed by atoms with Crippen molar-refractivity contribution in [1.82, 2.24) is 5.43 Å². The van der Waals surface area contributed by atoms with Gasteiger partial charge in [0.15, 0.2) is 0 Å².